The van der Waals surface area contributed by atoms with Gasteiger partial charge in [-0.2, -0.15) is 5.10 Å². The first-order valence-electron chi connectivity index (χ1n) is 7.06. The zero-order valence-electron chi connectivity index (χ0n) is 12.1. The van der Waals surface area contributed by atoms with Crippen LogP contribution in [0.4, 0.5) is 0 Å². The first kappa shape index (κ1) is 14.3. The second-order valence-corrected chi connectivity index (χ2v) is 6.22. The molecule has 6 nitrogen and oxygen atoms in total. The van der Waals surface area contributed by atoms with Crippen LogP contribution in [0.2, 0.25) is 5.02 Å². The topological polar surface area (TPSA) is 113 Å². The highest BCUT2D eigenvalue weighted by molar-refractivity contribution is 6.38. The van der Waals surface area contributed by atoms with Crippen molar-refractivity contribution in [2.75, 3.05) is 0 Å². The van der Waals surface area contributed by atoms with Gasteiger partial charge < -0.3 is 0 Å². The van der Waals surface area contributed by atoms with Crippen LogP contribution in [0, 0.1) is 0 Å². The second-order valence-electron chi connectivity index (χ2n) is 5.81. The normalized spacial score (nSPS) is 13.5. The zero-order valence-corrected chi connectivity index (χ0v) is 12.8. The zero-order chi connectivity index (χ0) is 16.4. The summed E-state index contributed by atoms with van der Waals surface area (Å²) in [6.07, 6.45) is 0. The van der Waals surface area contributed by atoms with Crippen LogP contribution in [-0.4, -0.2) is 21.4 Å². The molecule has 1 aliphatic carbocycles. The van der Waals surface area contributed by atoms with E-state index in [0.717, 1.165) is 10.9 Å². The lowest BCUT2D eigenvalue weighted by molar-refractivity contribution is 0.104. The number of carbonyl (C=O) groups excluding carboxylic acids is 1. The molecule has 0 aliphatic heterocycles. The van der Waals surface area contributed by atoms with Crippen molar-refractivity contribution >= 4 is 28.3 Å². The van der Waals surface area contributed by atoms with Crippen molar-refractivity contribution < 1.29 is 4.79 Å². The Labute approximate surface area is 136 Å². The van der Waals surface area contributed by atoms with Gasteiger partial charge in [0.1, 0.15) is 11.5 Å². The molecule has 7 heteroatoms. The summed E-state index contributed by atoms with van der Waals surface area (Å²) in [7, 11) is 0. The van der Waals surface area contributed by atoms with Gasteiger partial charge in [-0.05, 0) is 12.1 Å². The quantitative estimate of drug-likeness (QED) is 0.482. The Morgan fingerprint density at radius 2 is 1.78 bits per heavy atom. The molecule has 0 saturated carbocycles. The van der Waals surface area contributed by atoms with Gasteiger partial charge in [0, 0.05) is 16.5 Å². The predicted molar refractivity (Wildman–Crippen MR) is 88.9 cm³/mol. The maximum absolute atomic E-state index is 12.8. The Morgan fingerprint density at radius 1 is 1.09 bits per heavy atom. The molecule has 23 heavy (non-hydrogen) atoms. The van der Waals surface area contributed by atoms with Crippen molar-refractivity contribution in [1.29, 1.82) is 0 Å². The predicted octanol–water partition coefficient (Wildman–Crippen LogP) is 1.43. The molecule has 3 aromatic rings. The van der Waals surface area contributed by atoms with E-state index < -0.39 is 5.79 Å². The van der Waals surface area contributed by atoms with Gasteiger partial charge in [0.15, 0.2) is 5.78 Å². The number of hydrogen-bond donors (Lipinski definition) is 3. The van der Waals surface area contributed by atoms with Crippen molar-refractivity contribution in [3.8, 4) is 11.3 Å². The summed E-state index contributed by atoms with van der Waals surface area (Å²) in [6, 6.07) is 10.8. The fourth-order valence-corrected chi connectivity index (χ4v) is 3.33. The van der Waals surface area contributed by atoms with E-state index >= 15 is 0 Å². The Morgan fingerprint density at radius 3 is 2.52 bits per heavy atom. The monoisotopic (exact) mass is 327 g/mol. The fourth-order valence-electron chi connectivity index (χ4n) is 3.07. The smallest absolute Gasteiger partial charge is 0.195 e. The van der Waals surface area contributed by atoms with Crippen LogP contribution < -0.4 is 17.2 Å². The molecule has 0 fully saturated rings. The highest BCUT2D eigenvalue weighted by atomic mass is 35.5. The largest absolute Gasteiger partial charge is 0.300 e. The highest BCUT2D eigenvalue weighted by Gasteiger charge is 2.31. The molecule has 1 heterocycles. The van der Waals surface area contributed by atoms with E-state index in [4.69, 9.17) is 28.8 Å². The minimum Gasteiger partial charge on any atom is -0.300 e. The van der Waals surface area contributed by atoms with Crippen LogP contribution in [0.15, 0.2) is 36.4 Å². The summed E-state index contributed by atoms with van der Waals surface area (Å²) in [6.45, 7) is 0.122. The van der Waals surface area contributed by atoms with Crippen LogP contribution in [0.25, 0.3) is 22.2 Å². The number of carbonyl (C=O) groups is 1. The molecule has 0 radical (unpaired) electrons. The maximum Gasteiger partial charge on any atom is 0.195 e. The van der Waals surface area contributed by atoms with Crippen LogP contribution in [0.1, 0.15) is 15.9 Å². The number of benzene rings is 2. The summed E-state index contributed by atoms with van der Waals surface area (Å²) in [5, 5.41) is 5.78. The molecule has 6 N–H and O–H groups in total. The minimum atomic E-state index is -1.40. The molecule has 116 valence electrons. The molecule has 0 atom stereocenters. The Kier molecular flexibility index (Phi) is 2.88. The van der Waals surface area contributed by atoms with Crippen LogP contribution in [0.5, 0.6) is 0 Å². The summed E-state index contributed by atoms with van der Waals surface area (Å²) < 4.78 is 1.64. The molecule has 2 aromatic carbocycles. The standard InChI is InChI=1S/C16H14ClN5O/c17-10-5-1-3-8-12(10)15(23)9-4-2-6-11-13(9)14(8)21-22(11)7-16(18,19)20/h1-6H,7,18-20H2. The van der Waals surface area contributed by atoms with Crippen molar-refractivity contribution in [2.45, 2.75) is 12.3 Å². The van der Waals surface area contributed by atoms with Crippen LogP contribution >= 0.6 is 11.6 Å². The second kappa shape index (κ2) is 4.62. The SMILES string of the molecule is NC(N)(N)Cn1nc2c3c(cccc31)C(=O)c1c(Cl)cccc1-2. The van der Waals surface area contributed by atoms with Gasteiger partial charge in [-0.25, -0.2) is 0 Å². The Hall–Kier alpha value is -2.25. The average Bonchev–Trinajstić information content (AvgIpc) is 2.82. The van der Waals surface area contributed by atoms with E-state index in [1.54, 1.807) is 28.9 Å². The third-order valence-corrected chi connectivity index (χ3v) is 4.26. The van der Waals surface area contributed by atoms with E-state index in [2.05, 4.69) is 5.10 Å². The van der Waals surface area contributed by atoms with Crippen molar-refractivity contribution in [2.24, 2.45) is 17.2 Å². The number of ketones is 1. The van der Waals surface area contributed by atoms with E-state index in [1.165, 1.54) is 0 Å². The van der Waals surface area contributed by atoms with Crippen molar-refractivity contribution in [3.05, 3.63) is 52.5 Å². The van der Waals surface area contributed by atoms with Gasteiger partial charge in [0.05, 0.1) is 22.6 Å². The van der Waals surface area contributed by atoms with Gasteiger partial charge in [0.2, 0.25) is 0 Å². The lowest BCUT2D eigenvalue weighted by Gasteiger charge is -2.18. The summed E-state index contributed by atoms with van der Waals surface area (Å²) in [5.74, 6) is -1.51. The highest BCUT2D eigenvalue weighted by Crippen LogP contribution is 2.41. The third-order valence-electron chi connectivity index (χ3n) is 3.94. The molecule has 4 rings (SSSR count). The lowest BCUT2D eigenvalue weighted by Crippen LogP contribution is -2.60. The van der Waals surface area contributed by atoms with Gasteiger partial charge in [-0.1, -0.05) is 35.9 Å². The van der Waals surface area contributed by atoms with Gasteiger partial charge >= 0.3 is 0 Å². The van der Waals surface area contributed by atoms with E-state index in [0.29, 0.717) is 27.4 Å². The minimum absolute atomic E-state index is 0.109. The van der Waals surface area contributed by atoms with Crippen molar-refractivity contribution in [3.63, 3.8) is 0 Å². The number of rotatable bonds is 2. The van der Waals surface area contributed by atoms with E-state index in [-0.39, 0.29) is 12.3 Å². The lowest BCUT2D eigenvalue weighted by atomic mass is 9.87. The number of halogens is 1. The summed E-state index contributed by atoms with van der Waals surface area (Å²) in [4.78, 5) is 12.8. The Balaban J connectivity index is 2.09. The first-order valence-corrected chi connectivity index (χ1v) is 7.44. The third kappa shape index (κ3) is 2.08. The molecule has 0 bridgehead atoms. The molecular weight excluding hydrogens is 314 g/mol. The van der Waals surface area contributed by atoms with Crippen LogP contribution in [0.3, 0.4) is 0 Å². The molecule has 1 aliphatic rings. The van der Waals surface area contributed by atoms with E-state index in [1.807, 2.05) is 12.1 Å². The number of nitrogens with zero attached hydrogens (tertiary/aromatic N) is 2. The molecule has 1 aromatic heterocycles. The summed E-state index contributed by atoms with van der Waals surface area (Å²) >= 11 is 6.24. The van der Waals surface area contributed by atoms with E-state index in [9.17, 15) is 4.79 Å². The molecular formula is C16H14ClN5O. The van der Waals surface area contributed by atoms with Crippen molar-refractivity contribution in [1.82, 2.24) is 9.78 Å². The Bertz CT molecular complexity index is 970. The van der Waals surface area contributed by atoms with Gasteiger partial charge in [-0.15, -0.1) is 0 Å². The van der Waals surface area contributed by atoms with Gasteiger partial charge in [-0.3, -0.25) is 26.7 Å². The van der Waals surface area contributed by atoms with Crippen LogP contribution in [-0.2, 0) is 6.54 Å². The first-order chi connectivity index (χ1) is 10.9. The number of nitrogens with two attached hydrogens (primary N) is 3. The maximum atomic E-state index is 12.8. The number of aromatic nitrogens is 2. The average molecular weight is 328 g/mol. The number of fused-ring (bicyclic) bond motifs is 2. The molecule has 0 saturated heterocycles. The summed E-state index contributed by atoms with van der Waals surface area (Å²) in [5.41, 5.74) is 20.4. The molecule has 0 spiro atoms. The fraction of sp³-hybridized carbons (Fsp3) is 0.125. The molecule has 0 amide bonds. The van der Waals surface area contributed by atoms with Gasteiger partial charge in [0.25, 0.3) is 0 Å². The molecule has 0 unspecified atom stereocenters. The number of hydrogen-bond acceptors (Lipinski definition) is 5.